The third kappa shape index (κ3) is 9.21. The SMILES string of the molecule is CSCCCCCCNC(=NCC1CCOC1)NCCc1ccco1. The lowest BCUT2D eigenvalue weighted by Gasteiger charge is -2.13. The second kappa shape index (κ2) is 13.1. The molecule has 0 aromatic carbocycles. The van der Waals surface area contributed by atoms with Crippen LogP contribution >= 0.6 is 11.8 Å². The van der Waals surface area contributed by atoms with Gasteiger partial charge in [-0.3, -0.25) is 4.99 Å². The molecule has 1 aromatic heterocycles. The summed E-state index contributed by atoms with van der Waals surface area (Å²) in [5.41, 5.74) is 0. The fourth-order valence-electron chi connectivity index (χ4n) is 2.81. The molecule has 2 rings (SSSR count). The second-order valence-electron chi connectivity index (χ2n) is 6.51. The average molecular weight is 368 g/mol. The van der Waals surface area contributed by atoms with Crippen molar-refractivity contribution in [3.8, 4) is 0 Å². The van der Waals surface area contributed by atoms with Crippen molar-refractivity contribution < 1.29 is 9.15 Å². The van der Waals surface area contributed by atoms with Crippen molar-refractivity contribution in [3.05, 3.63) is 24.2 Å². The van der Waals surface area contributed by atoms with E-state index >= 15 is 0 Å². The van der Waals surface area contributed by atoms with Crippen molar-refractivity contribution in [1.82, 2.24) is 10.6 Å². The highest BCUT2D eigenvalue weighted by atomic mass is 32.2. The van der Waals surface area contributed by atoms with Crippen LogP contribution in [0.2, 0.25) is 0 Å². The molecule has 142 valence electrons. The van der Waals surface area contributed by atoms with Gasteiger partial charge in [0.25, 0.3) is 0 Å². The van der Waals surface area contributed by atoms with Crippen molar-refractivity contribution in [2.24, 2.45) is 10.9 Å². The number of hydrogen-bond donors (Lipinski definition) is 2. The number of rotatable bonds is 12. The summed E-state index contributed by atoms with van der Waals surface area (Å²) in [6.07, 6.45) is 11.0. The number of hydrogen-bond acceptors (Lipinski definition) is 4. The van der Waals surface area contributed by atoms with Gasteiger partial charge in [0, 0.05) is 38.6 Å². The molecule has 2 N–H and O–H groups in total. The van der Waals surface area contributed by atoms with E-state index < -0.39 is 0 Å². The lowest BCUT2D eigenvalue weighted by molar-refractivity contribution is 0.187. The van der Waals surface area contributed by atoms with Crippen LogP contribution in [0.1, 0.15) is 37.9 Å². The highest BCUT2D eigenvalue weighted by Crippen LogP contribution is 2.12. The predicted molar refractivity (Wildman–Crippen MR) is 106 cm³/mol. The maximum absolute atomic E-state index is 5.44. The molecule has 1 atom stereocenters. The molecule has 0 saturated carbocycles. The van der Waals surface area contributed by atoms with E-state index in [4.69, 9.17) is 14.1 Å². The summed E-state index contributed by atoms with van der Waals surface area (Å²) in [6, 6.07) is 3.94. The Morgan fingerprint density at radius 3 is 2.88 bits per heavy atom. The standard InChI is InChI=1S/C19H33N3O2S/c1-25-14-5-3-2-4-10-20-19(22-15-17-9-13-23-16-17)21-11-8-18-7-6-12-24-18/h6-7,12,17H,2-5,8-11,13-16H2,1H3,(H2,20,21,22). The molecule has 1 unspecified atom stereocenters. The van der Waals surface area contributed by atoms with E-state index in [1.807, 2.05) is 23.9 Å². The van der Waals surface area contributed by atoms with E-state index in [9.17, 15) is 0 Å². The van der Waals surface area contributed by atoms with Gasteiger partial charge in [-0.1, -0.05) is 12.8 Å². The highest BCUT2D eigenvalue weighted by molar-refractivity contribution is 7.98. The summed E-state index contributed by atoms with van der Waals surface area (Å²) >= 11 is 1.93. The van der Waals surface area contributed by atoms with Gasteiger partial charge in [-0.15, -0.1) is 0 Å². The maximum atomic E-state index is 5.44. The van der Waals surface area contributed by atoms with Crippen LogP contribution in [-0.4, -0.2) is 50.8 Å². The van der Waals surface area contributed by atoms with Crippen LogP contribution in [0.15, 0.2) is 27.8 Å². The number of nitrogens with zero attached hydrogens (tertiary/aromatic N) is 1. The van der Waals surface area contributed by atoms with Gasteiger partial charge in [0.15, 0.2) is 5.96 Å². The van der Waals surface area contributed by atoms with E-state index in [1.54, 1.807) is 6.26 Å². The number of guanidine groups is 1. The molecule has 0 bridgehead atoms. The topological polar surface area (TPSA) is 58.8 Å². The molecule has 1 aliphatic heterocycles. The Hall–Kier alpha value is -1.14. The quantitative estimate of drug-likeness (QED) is 0.337. The molecule has 1 fully saturated rings. The zero-order valence-electron chi connectivity index (χ0n) is 15.5. The first kappa shape index (κ1) is 20.2. The van der Waals surface area contributed by atoms with Crippen LogP contribution < -0.4 is 10.6 Å². The van der Waals surface area contributed by atoms with E-state index in [0.29, 0.717) is 5.92 Å². The van der Waals surface area contributed by atoms with Crippen molar-refractivity contribution in [2.75, 3.05) is 44.9 Å². The minimum atomic E-state index is 0.565. The van der Waals surface area contributed by atoms with Crippen molar-refractivity contribution in [1.29, 1.82) is 0 Å². The predicted octanol–water partition coefficient (Wildman–Crippen LogP) is 3.32. The second-order valence-corrected chi connectivity index (χ2v) is 7.49. The van der Waals surface area contributed by atoms with Crippen LogP contribution in [0, 0.1) is 5.92 Å². The van der Waals surface area contributed by atoms with Gasteiger partial charge in [-0.05, 0) is 43.4 Å². The number of furan rings is 1. The van der Waals surface area contributed by atoms with E-state index in [1.165, 1.54) is 31.4 Å². The Morgan fingerprint density at radius 1 is 1.24 bits per heavy atom. The van der Waals surface area contributed by atoms with Crippen LogP contribution in [0.4, 0.5) is 0 Å². The number of aliphatic imine (C=N–C) groups is 1. The fraction of sp³-hybridized carbons (Fsp3) is 0.737. The molecule has 6 heteroatoms. The summed E-state index contributed by atoms with van der Waals surface area (Å²) in [7, 11) is 0. The number of nitrogens with one attached hydrogen (secondary N) is 2. The van der Waals surface area contributed by atoms with Gasteiger partial charge < -0.3 is 19.8 Å². The lowest BCUT2D eigenvalue weighted by atomic mass is 10.1. The van der Waals surface area contributed by atoms with Gasteiger partial charge in [0.2, 0.25) is 0 Å². The summed E-state index contributed by atoms with van der Waals surface area (Å²) < 4.78 is 10.8. The minimum Gasteiger partial charge on any atom is -0.469 e. The molecule has 0 amide bonds. The van der Waals surface area contributed by atoms with Crippen molar-refractivity contribution in [2.45, 2.75) is 38.5 Å². The van der Waals surface area contributed by atoms with Gasteiger partial charge >= 0.3 is 0 Å². The van der Waals surface area contributed by atoms with Gasteiger partial charge in [-0.2, -0.15) is 11.8 Å². The van der Waals surface area contributed by atoms with E-state index in [2.05, 4.69) is 16.9 Å². The summed E-state index contributed by atoms with van der Waals surface area (Å²) in [5, 5.41) is 6.90. The van der Waals surface area contributed by atoms with Crippen LogP contribution in [-0.2, 0) is 11.2 Å². The molecule has 1 aromatic rings. The summed E-state index contributed by atoms with van der Waals surface area (Å²) in [5.74, 6) is 3.76. The van der Waals surface area contributed by atoms with Crippen LogP contribution in [0.25, 0.3) is 0 Å². The normalized spacial score (nSPS) is 17.8. The number of ether oxygens (including phenoxy) is 1. The lowest BCUT2D eigenvalue weighted by Crippen LogP contribution is -2.39. The third-order valence-electron chi connectivity index (χ3n) is 4.34. The van der Waals surface area contributed by atoms with Crippen LogP contribution in [0.3, 0.4) is 0 Å². The molecule has 2 heterocycles. The first-order chi connectivity index (χ1) is 12.4. The van der Waals surface area contributed by atoms with Gasteiger partial charge in [0.05, 0.1) is 12.9 Å². The average Bonchev–Trinajstić information content (AvgIpc) is 3.32. The molecule has 5 nitrogen and oxygen atoms in total. The smallest absolute Gasteiger partial charge is 0.191 e. The van der Waals surface area contributed by atoms with Gasteiger partial charge in [0.1, 0.15) is 5.76 Å². The minimum absolute atomic E-state index is 0.565. The Bertz CT molecular complexity index is 459. The van der Waals surface area contributed by atoms with Crippen molar-refractivity contribution >= 4 is 17.7 Å². The Balaban J connectivity index is 1.66. The first-order valence-corrected chi connectivity index (χ1v) is 10.9. The fourth-order valence-corrected chi connectivity index (χ4v) is 3.31. The first-order valence-electron chi connectivity index (χ1n) is 9.49. The van der Waals surface area contributed by atoms with Crippen molar-refractivity contribution in [3.63, 3.8) is 0 Å². The number of unbranched alkanes of at least 4 members (excludes halogenated alkanes) is 3. The summed E-state index contributed by atoms with van der Waals surface area (Å²) in [4.78, 5) is 4.75. The Morgan fingerprint density at radius 2 is 2.12 bits per heavy atom. The molecule has 0 spiro atoms. The molecular formula is C19H33N3O2S. The highest BCUT2D eigenvalue weighted by Gasteiger charge is 2.15. The molecule has 1 aliphatic rings. The third-order valence-corrected chi connectivity index (χ3v) is 5.04. The maximum Gasteiger partial charge on any atom is 0.191 e. The molecule has 0 radical (unpaired) electrons. The Labute approximate surface area is 156 Å². The molecule has 25 heavy (non-hydrogen) atoms. The zero-order chi connectivity index (χ0) is 17.6. The van der Waals surface area contributed by atoms with E-state index in [0.717, 1.165) is 57.4 Å². The largest absolute Gasteiger partial charge is 0.469 e. The van der Waals surface area contributed by atoms with Gasteiger partial charge in [-0.25, -0.2) is 0 Å². The molecule has 0 aliphatic carbocycles. The molecular weight excluding hydrogens is 334 g/mol. The molecule has 1 saturated heterocycles. The Kier molecular flexibility index (Phi) is 10.6. The van der Waals surface area contributed by atoms with E-state index in [-0.39, 0.29) is 0 Å². The number of thioether (sulfide) groups is 1. The monoisotopic (exact) mass is 367 g/mol. The zero-order valence-corrected chi connectivity index (χ0v) is 16.3. The summed E-state index contributed by atoms with van der Waals surface area (Å²) in [6.45, 7) is 4.37. The van der Waals surface area contributed by atoms with Crippen LogP contribution in [0.5, 0.6) is 0 Å².